The van der Waals surface area contributed by atoms with E-state index in [4.69, 9.17) is 0 Å². The summed E-state index contributed by atoms with van der Waals surface area (Å²) in [6.45, 7) is 8.75. The summed E-state index contributed by atoms with van der Waals surface area (Å²) in [5.74, 6) is 0. The van der Waals surface area contributed by atoms with Crippen molar-refractivity contribution in [3.05, 3.63) is 34.9 Å². The Morgan fingerprint density at radius 3 is 2.65 bits per heavy atom. The molecule has 17 heavy (non-hydrogen) atoms. The summed E-state index contributed by atoms with van der Waals surface area (Å²) in [6.07, 6.45) is 0.874. The van der Waals surface area contributed by atoms with Crippen molar-refractivity contribution in [1.82, 2.24) is 10.6 Å². The predicted molar refractivity (Wildman–Crippen MR) is 71.3 cm³/mol. The second-order valence-electron chi connectivity index (χ2n) is 4.73. The summed E-state index contributed by atoms with van der Waals surface area (Å²) in [5, 5.41) is 5.66. The first-order valence-corrected chi connectivity index (χ1v) is 6.09. The van der Waals surface area contributed by atoms with Crippen molar-refractivity contribution in [1.29, 1.82) is 0 Å². The van der Waals surface area contributed by atoms with Gasteiger partial charge >= 0.3 is 6.03 Å². The van der Waals surface area contributed by atoms with E-state index in [9.17, 15) is 4.79 Å². The first-order chi connectivity index (χ1) is 7.99. The van der Waals surface area contributed by atoms with Crippen molar-refractivity contribution in [2.45, 2.75) is 40.2 Å². The lowest BCUT2D eigenvalue weighted by Gasteiger charge is -2.11. The smallest absolute Gasteiger partial charge is 0.314 e. The number of amides is 2. The highest BCUT2D eigenvalue weighted by molar-refractivity contribution is 5.74. The summed E-state index contributed by atoms with van der Waals surface area (Å²) in [4.78, 5) is 11.4. The molecule has 0 atom stereocenters. The summed E-state index contributed by atoms with van der Waals surface area (Å²) >= 11 is 0. The number of nitrogens with one attached hydrogen (secondary N) is 2. The van der Waals surface area contributed by atoms with Crippen LogP contribution in [0.25, 0.3) is 0 Å². The van der Waals surface area contributed by atoms with Crippen LogP contribution >= 0.6 is 0 Å². The van der Waals surface area contributed by atoms with E-state index in [2.05, 4.69) is 42.7 Å². The largest absolute Gasteiger partial charge is 0.338 e. The average molecular weight is 234 g/mol. The summed E-state index contributed by atoms with van der Waals surface area (Å²) in [6, 6.07) is 6.49. The zero-order valence-corrected chi connectivity index (χ0v) is 11.1. The highest BCUT2D eigenvalue weighted by atomic mass is 16.2. The molecule has 0 aromatic heterocycles. The Kier molecular flexibility index (Phi) is 5.01. The summed E-state index contributed by atoms with van der Waals surface area (Å²) in [5.41, 5.74) is 3.84. The molecule has 1 aromatic rings. The highest BCUT2D eigenvalue weighted by Gasteiger charge is 2.03. The van der Waals surface area contributed by atoms with Crippen LogP contribution in [-0.2, 0) is 6.42 Å². The molecule has 1 rings (SSSR count). The Bertz CT molecular complexity index is 386. The zero-order valence-electron chi connectivity index (χ0n) is 11.1. The molecule has 0 spiro atoms. The van der Waals surface area contributed by atoms with Gasteiger partial charge in [-0.1, -0.05) is 23.8 Å². The Labute approximate surface area is 104 Å². The van der Waals surface area contributed by atoms with Gasteiger partial charge in [-0.05, 0) is 45.2 Å². The molecule has 0 bridgehead atoms. The van der Waals surface area contributed by atoms with Crippen LogP contribution in [-0.4, -0.2) is 18.6 Å². The van der Waals surface area contributed by atoms with Crippen LogP contribution in [0, 0.1) is 13.8 Å². The van der Waals surface area contributed by atoms with Crippen LogP contribution in [0.4, 0.5) is 4.79 Å². The molecule has 0 saturated heterocycles. The van der Waals surface area contributed by atoms with Gasteiger partial charge in [0.2, 0.25) is 0 Å². The zero-order chi connectivity index (χ0) is 12.8. The maximum Gasteiger partial charge on any atom is 0.314 e. The number of benzene rings is 1. The Hall–Kier alpha value is -1.51. The van der Waals surface area contributed by atoms with Gasteiger partial charge in [-0.2, -0.15) is 0 Å². The van der Waals surface area contributed by atoms with E-state index in [1.54, 1.807) is 0 Å². The van der Waals surface area contributed by atoms with Gasteiger partial charge in [0.1, 0.15) is 0 Å². The van der Waals surface area contributed by atoms with Gasteiger partial charge in [-0.25, -0.2) is 4.79 Å². The van der Waals surface area contributed by atoms with Gasteiger partial charge < -0.3 is 10.6 Å². The van der Waals surface area contributed by atoms with Crippen LogP contribution in [0.2, 0.25) is 0 Å². The van der Waals surface area contributed by atoms with E-state index in [1.165, 1.54) is 16.7 Å². The molecule has 0 aliphatic carbocycles. The van der Waals surface area contributed by atoms with E-state index >= 15 is 0 Å². The van der Waals surface area contributed by atoms with E-state index in [-0.39, 0.29) is 12.1 Å². The lowest BCUT2D eigenvalue weighted by molar-refractivity contribution is 0.238. The molecule has 2 amide bonds. The van der Waals surface area contributed by atoms with Crippen molar-refractivity contribution in [3.8, 4) is 0 Å². The third-order valence-electron chi connectivity index (χ3n) is 2.60. The minimum Gasteiger partial charge on any atom is -0.338 e. The van der Waals surface area contributed by atoms with Gasteiger partial charge in [0.05, 0.1) is 0 Å². The van der Waals surface area contributed by atoms with Crippen LogP contribution in [0.5, 0.6) is 0 Å². The van der Waals surface area contributed by atoms with Crippen molar-refractivity contribution in [2.75, 3.05) is 6.54 Å². The Morgan fingerprint density at radius 1 is 1.29 bits per heavy atom. The number of hydrogen-bond donors (Lipinski definition) is 2. The van der Waals surface area contributed by atoms with Crippen LogP contribution in [0.15, 0.2) is 18.2 Å². The van der Waals surface area contributed by atoms with E-state index in [0.29, 0.717) is 6.54 Å². The second kappa shape index (κ2) is 6.28. The number of rotatable bonds is 4. The third kappa shape index (κ3) is 4.89. The molecular formula is C14H22N2O. The quantitative estimate of drug-likeness (QED) is 0.826. The SMILES string of the molecule is Cc1ccc(C)c(CCNC(=O)NC(C)C)c1. The fourth-order valence-corrected chi connectivity index (χ4v) is 1.69. The highest BCUT2D eigenvalue weighted by Crippen LogP contribution is 2.10. The second-order valence-corrected chi connectivity index (χ2v) is 4.73. The fourth-order valence-electron chi connectivity index (χ4n) is 1.69. The molecule has 1 aromatic carbocycles. The minimum absolute atomic E-state index is 0.0923. The molecule has 3 nitrogen and oxygen atoms in total. The van der Waals surface area contributed by atoms with Gasteiger partial charge in [-0.15, -0.1) is 0 Å². The molecule has 0 fully saturated rings. The van der Waals surface area contributed by atoms with Gasteiger partial charge in [-0.3, -0.25) is 0 Å². The van der Waals surface area contributed by atoms with E-state index in [0.717, 1.165) is 6.42 Å². The number of hydrogen-bond acceptors (Lipinski definition) is 1. The molecule has 0 unspecified atom stereocenters. The molecule has 0 radical (unpaired) electrons. The summed E-state index contributed by atoms with van der Waals surface area (Å²) < 4.78 is 0. The van der Waals surface area contributed by atoms with Gasteiger partial charge in [0.15, 0.2) is 0 Å². The van der Waals surface area contributed by atoms with Crippen LogP contribution in [0.1, 0.15) is 30.5 Å². The molecule has 3 heteroatoms. The summed E-state index contributed by atoms with van der Waals surface area (Å²) in [7, 11) is 0. The Morgan fingerprint density at radius 2 is 2.00 bits per heavy atom. The van der Waals surface area contributed by atoms with Crippen molar-refractivity contribution >= 4 is 6.03 Å². The predicted octanol–water partition coefficient (Wildman–Crippen LogP) is 2.55. The molecule has 0 aliphatic rings. The molecular weight excluding hydrogens is 212 g/mol. The van der Waals surface area contributed by atoms with Crippen LogP contribution < -0.4 is 10.6 Å². The number of aryl methyl sites for hydroxylation is 2. The first kappa shape index (κ1) is 13.6. The van der Waals surface area contributed by atoms with Crippen molar-refractivity contribution in [2.24, 2.45) is 0 Å². The third-order valence-corrected chi connectivity index (χ3v) is 2.60. The van der Waals surface area contributed by atoms with Gasteiger partial charge in [0.25, 0.3) is 0 Å². The lowest BCUT2D eigenvalue weighted by atomic mass is 10.0. The molecule has 0 aliphatic heterocycles. The fraction of sp³-hybridized carbons (Fsp3) is 0.500. The topological polar surface area (TPSA) is 41.1 Å². The average Bonchev–Trinajstić information content (AvgIpc) is 2.22. The number of urea groups is 1. The minimum atomic E-state index is -0.0923. The molecule has 94 valence electrons. The van der Waals surface area contributed by atoms with Crippen molar-refractivity contribution in [3.63, 3.8) is 0 Å². The van der Waals surface area contributed by atoms with Crippen LogP contribution in [0.3, 0.4) is 0 Å². The van der Waals surface area contributed by atoms with E-state index in [1.807, 2.05) is 13.8 Å². The lowest BCUT2D eigenvalue weighted by Crippen LogP contribution is -2.40. The monoisotopic (exact) mass is 234 g/mol. The number of carbonyl (C=O) groups excluding carboxylic acids is 1. The maximum atomic E-state index is 11.4. The number of carbonyl (C=O) groups is 1. The van der Waals surface area contributed by atoms with Crippen molar-refractivity contribution < 1.29 is 4.79 Å². The first-order valence-electron chi connectivity index (χ1n) is 6.09. The molecule has 0 saturated carbocycles. The maximum absolute atomic E-state index is 11.4. The standard InChI is InChI=1S/C14H22N2O/c1-10(2)16-14(17)15-8-7-13-9-11(3)5-6-12(13)4/h5-6,9-10H,7-8H2,1-4H3,(H2,15,16,17). The normalized spacial score (nSPS) is 10.4. The Balaban J connectivity index is 2.40. The van der Waals surface area contributed by atoms with Gasteiger partial charge in [0, 0.05) is 12.6 Å². The molecule has 0 heterocycles. The molecule has 2 N–H and O–H groups in total. The van der Waals surface area contributed by atoms with E-state index < -0.39 is 0 Å².